The summed E-state index contributed by atoms with van der Waals surface area (Å²) in [6.07, 6.45) is -2.78. The molecule has 7 heteroatoms. The van der Waals surface area contributed by atoms with Gasteiger partial charge >= 0.3 is 0 Å². The lowest BCUT2D eigenvalue weighted by molar-refractivity contribution is -0.385. The third-order valence-electron chi connectivity index (χ3n) is 2.97. The van der Waals surface area contributed by atoms with Gasteiger partial charge in [-0.25, -0.2) is 8.78 Å². The normalized spacial score (nSPS) is 12.8. The number of non-ortho nitro benzene ring substituents is 1. The van der Waals surface area contributed by atoms with Gasteiger partial charge in [-0.1, -0.05) is 13.8 Å². The predicted molar refractivity (Wildman–Crippen MR) is 72.2 cm³/mol. The zero-order chi connectivity index (χ0) is 15.3. The van der Waals surface area contributed by atoms with Crippen LogP contribution in [0.25, 0.3) is 0 Å². The van der Waals surface area contributed by atoms with Crippen LogP contribution in [0.4, 0.5) is 20.2 Å². The molecule has 0 aliphatic carbocycles. The molecule has 0 aliphatic rings. The second-order valence-corrected chi connectivity index (χ2v) is 4.78. The Morgan fingerprint density at radius 2 is 2.05 bits per heavy atom. The van der Waals surface area contributed by atoms with Gasteiger partial charge in [0.25, 0.3) is 12.1 Å². The predicted octanol–water partition coefficient (Wildman–Crippen LogP) is 3.62. The summed E-state index contributed by atoms with van der Waals surface area (Å²) in [5, 5.41) is 13.6. The van der Waals surface area contributed by atoms with Crippen LogP contribution in [0.1, 0.15) is 25.8 Å². The van der Waals surface area contributed by atoms with Gasteiger partial charge in [0.05, 0.1) is 17.6 Å². The van der Waals surface area contributed by atoms with E-state index < -0.39 is 11.3 Å². The molecular weight excluding hydrogens is 270 g/mol. The number of halogens is 2. The summed E-state index contributed by atoms with van der Waals surface area (Å²) in [6.45, 7) is 4.23. The molecule has 1 unspecified atom stereocenters. The number of nitro benzene ring substituents is 1. The van der Waals surface area contributed by atoms with Crippen molar-refractivity contribution in [3.63, 3.8) is 0 Å². The zero-order valence-corrected chi connectivity index (χ0v) is 11.6. The van der Waals surface area contributed by atoms with E-state index in [4.69, 9.17) is 4.74 Å². The van der Waals surface area contributed by atoms with Gasteiger partial charge in [0.15, 0.2) is 0 Å². The van der Waals surface area contributed by atoms with Crippen molar-refractivity contribution in [2.75, 3.05) is 19.0 Å². The van der Waals surface area contributed by atoms with Crippen molar-refractivity contribution in [2.45, 2.75) is 26.3 Å². The minimum absolute atomic E-state index is 0.154. The van der Waals surface area contributed by atoms with Gasteiger partial charge in [-0.05, 0) is 12.0 Å². The van der Waals surface area contributed by atoms with Gasteiger partial charge in [-0.3, -0.25) is 10.1 Å². The lowest BCUT2D eigenvalue weighted by Gasteiger charge is -2.24. The Hall–Kier alpha value is -1.76. The van der Waals surface area contributed by atoms with E-state index in [9.17, 15) is 18.9 Å². The van der Waals surface area contributed by atoms with Crippen LogP contribution in [0.15, 0.2) is 18.2 Å². The molecule has 0 bridgehead atoms. The number of alkyl halides is 2. The highest BCUT2D eigenvalue weighted by molar-refractivity contribution is 5.57. The van der Waals surface area contributed by atoms with Crippen LogP contribution < -0.4 is 5.32 Å². The van der Waals surface area contributed by atoms with Gasteiger partial charge in [-0.2, -0.15) is 0 Å². The maximum absolute atomic E-state index is 13.0. The molecule has 1 rings (SSSR count). The second-order valence-electron chi connectivity index (χ2n) is 4.78. The van der Waals surface area contributed by atoms with Crippen LogP contribution in [0, 0.1) is 16.0 Å². The number of nitro groups is 1. The van der Waals surface area contributed by atoms with E-state index in [1.54, 1.807) is 0 Å². The third-order valence-corrected chi connectivity index (χ3v) is 2.97. The molecule has 0 aliphatic heterocycles. The minimum atomic E-state index is -2.78. The number of ether oxygens (including phenoxy) is 1. The molecule has 5 nitrogen and oxygen atoms in total. The molecule has 0 saturated heterocycles. The van der Waals surface area contributed by atoms with E-state index in [0.29, 0.717) is 6.61 Å². The topological polar surface area (TPSA) is 64.4 Å². The number of methoxy groups -OCH3 is 1. The Labute approximate surface area is 116 Å². The Morgan fingerprint density at radius 1 is 1.40 bits per heavy atom. The van der Waals surface area contributed by atoms with Crippen molar-refractivity contribution in [3.05, 3.63) is 33.9 Å². The molecule has 0 heterocycles. The van der Waals surface area contributed by atoms with Gasteiger partial charge < -0.3 is 10.1 Å². The molecule has 1 aromatic carbocycles. The van der Waals surface area contributed by atoms with Crippen molar-refractivity contribution < 1.29 is 18.4 Å². The fourth-order valence-corrected chi connectivity index (χ4v) is 1.76. The summed E-state index contributed by atoms with van der Waals surface area (Å²) >= 11 is 0. The van der Waals surface area contributed by atoms with Gasteiger partial charge in [-0.15, -0.1) is 0 Å². The maximum atomic E-state index is 13.0. The highest BCUT2D eigenvalue weighted by atomic mass is 19.3. The first-order valence-electron chi connectivity index (χ1n) is 6.18. The number of benzene rings is 1. The molecule has 0 radical (unpaired) electrons. The highest BCUT2D eigenvalue weighted by Gasteiger charge is 2.21. The van der Waals surface area contributed by atoms with E-state index in [0.717, 1.165) is 6.07 Å². The first-order chi connectivity index (χ1) is 9.36. The number of nitrogens with zero attached hydrogens (tertiary/aromatic N) is 1. The summed E-state index contributed by atoms with van der Waals surface area (Å²) < 4.78 is 31.1. The smallest absolute Gasteiger partial charge is 0.270 e. The fourth-order valence-electron chi connectivity index (χ4n) is 1.76. The molecule has 0 spiro atoms. The number of hydrogen-bond acceptors (Lipinski definition) is 4. The lowest BCUT2D eigenvalue weighted by atomic mass is 10.0. The molecule has 1 atom stereocenters. The molecule has 0 fully saturated rings. The van der Waals surface area contributed by atoms with E-state index in [-0.39, 0.29) is 28.9 Å². The first-order valence-corrected chi connectivity index (χ1v) is 6.18. The summed E-state index contributed by atoms with van der Waals surface area (Å²) in [7, 11) is 1.53. The zero-order valence-electron chi connectivity index (χ0n) is 11.6. The van der Waals surface area contributed by atoms with Crippen molar-refractivity contribution >= 4 is 11.4 Å². The SMILES string of the molecule is COCC(Nc1ccc([N+](=O)[O-])cc1C(F)F)C(C)C. The number of hydrogen-bond donors (Lipinski definition) is 1. The van der Waals surface area contributed by atoms with Gasteiger partial charge in [0.2, 0.25) is 0 Å². The second kappa shape index (κ2) is 7.14. The van der Waals surface area contributed by atoms with Gasteiger partial charge in [0, 0.05) is 30.5 Å². The molecule has 1 N–H and O–H groups in total. The van der Waals surface area contributed by atoms with Crippen molar-refractivity contribution in [1.82, 2.24) is 0 Å². The summed E-state index contributed by atoms with van der Waals surface area (Å²) in [4.78, 5) is 9.95. The van der Waals surface area contributed by atoms with E-state index >= 15 is 0 Å². The molecular formula is C13H18F2N2O3. The highest BCUT2D eigenvalue weighted by Crippen LogP contribution is 2.31. The monoisotopic (exact) mass is 288 g/mol. The van der Waals surface area contributed by atoms with E-state index in [1.807, 2.05) is 13.8 Å². The molecule has 1 aromatic rings. The summed E-state index contributed by atoms with van der Waals surface area (Å²) in [5.74, 6) is 0.163. The Kier molecular flexibility index (Phi) is 5.82. The Bertz CT molecular complexity index is 467. The van der Waals surface area contributed by atoms with E-state index in [1.165, 1.54) is 19.2 Å². The molecule has 0 saturated carbocycles. The Balaban J connectivity index is 3.07. The largest absolute Gasteiger partial charge is 0.383 e. The number of nitrogens with one attached hydrogen (secondary N) is 1. The maximum Gasteiger partial charge on any atom is 0.270 e. The first kappa shape index (κ1) is 16.3. The van der Waals surface area contributed by atoms with Crippen LogP contribution in [-0.2, 0) is 4.74 Å². The van der Waals surface area contributed by atoms with Crippen molar-refractivity contribution in [3.8, 4) is 0 Å². The van der Waals surface area contributed by atoms with Crippen LogP contribution in [0.3, 0.4) is 0 Å². The van der Waals surface area contributed by atoms with Crippen LogP contribution >= 0.6 is 0 Å². The van der Waals surface area contributed by atoms with Gasteiger partial charge in [0.1, 0.15) is 0 Å². The summed E-state index contributed by atoms with van der Waals surface area (Å²) in [5.41, 5.74) is -0.527. The molecule has 20 heavy (non-hydrogen) atoms. The third kappa shape index (κ3) is 4.12. The number of rotatable bonds is 7. The average Bonchev–Trinajstić information content (AvgIpc) is 2.37. The van der Waals surface area contributed by atoms with Crippen LogP contribution in [-0.4, -0.2) is 24.7 Å². The van der Waals surface area contributed by atoms with Crippen LogP contribution in [0.5, 0.6) is 0 Å². The van der Waals surface area contributed by atoms with Crippen LogP contribution in [0.2, 0.25) is 0 Å². The fraction of sp³-hybridized carbons (Fsp3) is 0.538. The average molecular weight is 288 g/mol. The Morgan fingerprint density at radius 3 is 2.50 bits per heavy atom. The molecule has 0 aromatic heterocycles. The van der Waals surface area contributed by atoms with Crippen molar-refractivity contribution in [2.24, 2.45) is 5.92 Å². The van der Waals surface area contributed by atoms with E-state index in [2.05, 4.69) is 5.32 Å². The van der Waals surface area contributed by atoms with Crippen molar-refractivity contribution in [1.29, 1.82) is 0 Å². The minimum Gasteiger partial charge on any atom is -0.383 e. The number of anilines is 1. The molecule has 112 valence electrons. The quantitative estimate of drug-likeness (QED) is 0.615. The molecule has 0 amide bonds. The lowest BCUT2D eigenvalue weighted by Crippen LogP contribution is -2.30. The standard InChI is InChI=1S/C13H18F2N2O3/c1-8(2)12(7-20-3)16-11-5-4-9(17(18)19)6-10(11)13(14)15/h4-6,8,12-13,16H,7H2,1-3H3. The summed E-state index contributed by atoms with van der Waals surface area (Å²) in [6, 6.07) is 3.26.